The quantitative estimate of drug-likeness (QED) is 0.679. The highest BCUT2D eigenvalue weighted by Crippen LogP contribution is 2.07. The standard InChI is InChI=1S/C11H11N3O3/c15-9-6-14(7-10(16)13-9)11(17)12-8-4-2-1-3-5-8/h1-5H,6-7H2,(H,12,17)(H,13,15,16). The number of benzene rings is 1. The van der Waals surface area contributed by atoms with Gasteiger partial charge in [0, 0.05) is 5.69 Å². The number of carbonyl (C=O) groups excluding carboxylic acids is 3. The van der Waals surface area contributed by atoms with Gasteiger partial charge >= 0.3 is 6.03 Å². The van der Waals surface area contributed by atoms with Crippen LogP contribution in [0.25, 0.3) is 0 Å². The number of imide groups is 1. The Kier molecular flexibility index (Phi) is 3.04. The Morgan fingerprint density at radius 1 is 1.12 bits per heavy atom. The first-order valence-corrected chi connectivity index (χ1v) is 5.09. The van der Waals surface area contributed by atoms with Gasteiger partial charge in [-0.05, 0) is 12.1 Å². The van der Waals surface area contributed by atoms with Crippen LogP contribution in [0.3, 0.4) is 0 Å². The minimum Gasteiger partial charge on any atom is -0.308 e. The summed E-state index contributed by atoms with van der Waals surface area (Å²) in [4.78, 5) is 35.1. The third kappa shape index (κ3) is 2.81. The number of nitrogens with one attached hydrogen (secondary N) is 2. The number of urea groups is 1. The van der Waals surface area contributed by atoms with Crippen molar-refractivity contribution in [1.82, 2.24) is 10.2 Å². The molecule has 6 nitrogen and oxygen atoms in total. The van der Waals surface area contributed by atoms with Gasteiger partial charge < -0.3 is 10.2 Å². The zero-order valence-corrected chi connectivity index (χ0v) is 8.97. The summed E-state index contributed by atoms with van der Waals surface area (Å²) < 4.78 is 0. The Hall–Kier alpha value is -2.37. The van der Waals surface area contributed by atoms with E-state index in [-0.39, 0.29) is 13.1 Å². The highest BCUT2D eigenvalue weighted by molar-refractivity contribution is 6.04. The van der Waals surface area contributed by atoms with E-state index in [1.165, 1.54) is 0 Å². The first-order valence-electron chi connectivity index (χ1n) is 5.09. The zero-order chi connectivity index (χ0) is 12.3. The number of hydrogen-bond acceptors (Lipinski definition) is 3. The lowest BCUT2D eigenvalue weighted by molar-refractivity contribution is -0.134. The van der Waals surface area contributed by atoms with E-state index in [1.807, 2.05) is 6.07 Å². The van der Waals surface area contributed by atoms with Gasteiger partial charge in [-0.15, -0.1) is 0 Å². The van der Waals surface area contributed by atoms with Gasteiger partial charge in [-0.1, -0.05) is 18.2 Å². The van der Waals surface area contributed by atoms with Gasteiger partial charge in [0.2, 0.25) is 11.8 Å². The molecule has 0 bridgehead atoms. The number of rotatable bonds is 1. The second-order valence-corrected chi connectivity index (χ2v) is 3.62. The second-order valence-electron chi connectivity index (χ2n) is 3.62. The summed E-state index contributed by atoms with van der Waals surface area (Å²) in [5.74, 6) is -0.936. The van der Waals surface area contributed by atoms with E-state index in [1.54, 1.807) is 24.3 Å². The van der Waals surface area contributed by atoms with Crippen molar-refractivity contribution in [3.8, 4) is 0 Å². The molecule has 0 aliphatic carbocycles. The smallest absolute Gasteiger partial charge is 0.308 e. The molecule has 1 aromatic rings. The van der Waals surface area contributed by atoms with Gasteiger partial charge in [-0.2, -0.15) is 0 Å². The molecule has 2 rings (SSSR count). The molecule has 1 heterocycles. The van der Waals surface area contributed by atoms with Gasteiger partial charge in [0.05, 0.1) is 0 Å². The summed E-state index contributed by atoms with van der Waals surface area (Å²) in [5, 5.41) is 4.74. The average molecular weight is 233 g/mol. The number of hydrogen-bond donors (Lipinski definition) is 2. The summed E-state index contributed by atoms with van der Waals surface area (Å²) in [6, 6.07) is 8.38. The molecule has 1 aromatic carbocycles. The van der Waals surface area contributed by atoms with Crippen LogP contribution in [0.5, 0.6) is 0 Å². The number of amides is 4. The SMILES string of the molecule is O=C1CN(C(=O)Nc2ccccc2)CC(=O)N1. The van der Waals surface area contributed by atoms with Gasteiger partial charge in [0.25, 0.3) is 0 Å². The summed E-state index contributed by atoms with van der Waals surface area (Å²) in [7, 11) is 0. The van der Waals surface area contributed by atoms with E-state index in [4.69, 9.17) is 0 Å². The second kappa shape index (κ2) is 4.65. The molecular weight excluding hydrogens is 222 g/mol. The molecule has 88 valence electrons. The minimum atomic E-state index is -0.468. The molecule has 1 fully saturated rings. The van der Waals surface area contributed by atoms with Crippen LogP contribution in [-0.4, -0.2) is 35.8 Å². The molecule has 6 heteroatoms. The topological polar surface area (TPSA) is 78.5 Å². The molecule has 1 aliphatic rings. The predicted molar refractivity (Wildman–Crippen MR) is 60.2 cm³/mol. The summed E-state index contributed by atoms with van der Waals surface area (Å²) in [5.41, 5.74) is 0.621. The molecule has 0 unspecified atom stereocenters. The van der Waals surface area contributed by atoms with E-state index in [0.29, 0.717) is 5.69 Å². The van der Waals surface area contributed by atoms with E-state index in [2.05, 4.69) is 10.6 Å². The van der Waals surface area contributed by atoms with Gasteiger partial charge in [-0.25, -0.2) is 4.79 Å². The molecule has 0 spiro atoms. The molecule has 0 aromatic heterocycles. The van der Waals surface area contributed by atoms with Crippen molar-refractivity contribution in [3.63, 3.8) is 0 Å². The molecule has 0 radical (unpaired) electrons. The predicted octanol–water partition coefficient (Wildman–Crippen LogP) is 0.177. The highest BCUT2D eigenvalue weighted by atomic mass is 16.2. The highest BCUT2D eigenvalue weighted by Gasteiger charge is 2.26. The van der Waals surface area contributed by atoms with Crippen molar-refractivity contribution in [3.05, 3.63) is 30.3 Å². The molecule has 0 saturated carbocycles. The average Bonchev–Trinajstić information content (AvgIpc) is 2.29. The van der Waals surface area contributed by atoms with E-state index < -0.39 is 17.8 Å². The third-order valence-corrected chi connectivity index (χ3v) is 2.26. The molecular formula is C11H11N3O3. The van der Waals surface area contributed by atoms with Crippen molar-refractivity contribution in [2.75, 3.05) is 18.4 Å². The van der Waals surface area contributed by atoms with Crippen LogP contribution >= 0.6 is 0 Å². The first kappa shape index (κ1) is 11.1. The maximum atomic E-state index is 11.7. The number of nitrogens with zero attached hydrogens (tertiary/aromatic N) is 1. The van der Waals surface area contributed by atoms with Crippen LogP contribution < -0.4 is 10.6 Å². The van der Waals surface area contributed by atoms with Gasteiger partial charge in [0.15, 0.2) is 0 Å². The van der Waals surface area contributed by atoms with Crippen LogP contribution in [0.1, 0.15) is 0 Å². The maximum absolute atomic E-state index is 11.7. The Morgan fingerprint density at radius 2 is 1.71 bits per heavy atom. The summed E-state index contributed by atoms with van der Waals surface area (Å²) in [6.07, 6.45) is 0. The Balaban J connectivity index is 2.00. The maximum Gasteiger partial charge on any atom is 0.322 e. The van der Waals surface area contributed by atoms with Crippen molar-refractivity contribution < 1.29 is 14.4 Å². The lowest BCUT2D eigenvalue weighted by Crippen LogP contribution is -2.54. The lowest BCUT2D eigenvalue weighted by atomic mass is 10.3. The normalized spacial score (nSPS) is 15.4. The summed E-state index contributed by atoms with van der Waals surface area (Å²) in [6.45, 7) is -0.213. The monoisotopic (exact) mass is 233 g/mol. The molecule has 4 amide bonds. The number of carbonyl (C=O) groups is 3. The van der Waals surface area contributed by atoms with Crippen molar-refractivity contribution in [1.29, 1.82) is 0 Å². The summed E-state index contributed by atoms with van der Waals surface area (Å²) >= 11 is 0. The Bertz CT molecular complexity index is 442. The Morgan fingerprint density at radius 3 is 2.29 bits per heavy atom. The first-order chi connectivity index (χ1) is 8.15. The largest absolute Gasteiger partial charge is 0.322 e. The van der Waals surface area contributed by atoms with Gasteiger partial charge in [-0.3, -0.25) is 14.9 Å². The molecule has 1 aliphatic heterocycles. The Labute approximate surface area is 97.6 Å². The van der Waals surface area contributed by atoms with Crippen molar-refractivity contribution in [2.45, 2.75) is 0 Å². The van der Waals surface area contributed by atoms with Crippen molar-refractivity contribution >= 4 is 23.5 Å². The third-order valence-electron chi connectivity index (χ3n) is 2.26. The molecule has 17 heavy (non-hydrogen) atoms. The van der Waals surface area contributed by atoms with Crippen LogP contribution in [0.4, 0.5) is 10.5 Å². The molecule has 0 atom stereocenters. The molecule has 1 saturated heterocycles. The van der Waals surface area contributed by atoms with Crippen molar-refractivity contribution in [2.24, 2.45) is 0 Å². The van der Waals surface area contributed by atoms with Crippen LogP contribution in [0.15, 0.2) is 30.3 Å². The van der Waals surface area contributed by atoms with Gasteiger partial charge in [0.1, 0.15) is 13.1 Å². The lowest BCUT2D eigenvalue weighted by Gasteiger charge is -2.25. The van der Waals surface area contributed by atoms with E-state index in [9.17, 15) is 14.4 Å². The van der Waals surface area contributed by atoms with Crippen LogP contribution in [-0.2, 0) is 9.59 Å². The fourth-order valence-electron chi connectivity index (χ4n) is 1.50. The van der Waals surface area contributed by atoms with Crippen LogP contribution in [0.2, 0.25) is 0 Å². The fraction of sp³-hybridized carbons (Fsp3) is 0.182. The number of piperazine rings is 1. The van der Waals surface area contributed by atoms with E-state index >= 15 is 0 Å². The van der Waals surface area contributed by atoms with Crippen LogP contribution in [0, 0.1) is 0 Å². The minimum absolute atomic E-state index is 0.107. The zero-order valence-electron chi connectivity index (χ0n) is 8.97. The molecule has 2 N–H and O–H groups in total. The van der Waals surface area contributed by atoms with E-state index in [0.717, 1.165) is 4.90 Å². The fourth-order valence-corrected chi connectivity index (χ4v) is 1.50. The number of para-hydroxylation sites is 1. The number of anilines is 1.